The van der Waals surface area contributed by atoms with Gasteiger partial charge in [-0.05, 0) is 0 Å². The van der Waals surface area contributed by atoms with Crippen LogP contribution >= 0.6 is 0 Å². The maximum absolute atomic E-state index is 11.2. The summed E-state index contributed by atoms with van der Waals surface area (Å²) in [5.41, 5.74) is 0. The first-order valence-electron chi connectivity index (χ1n) is 4.30. The van der Waals surface area contributed by atoms with E-state index in [9.17, 15) is 19.2 Å². The molecular weight excluding hydrogens is 236 g/mol. The fourth-order valence-electron chi connectivity index (χ4n) is 1.13. The number of carbonyl (C=O) groups excluding carboxylic acids is 1. The van der Waals surface area contributed by atoms with E-state index in [1.54, 1.807) is 0 Å². The first-order valence-corrected chi connectivity index (χ1v) is 4.30. The Balaban J connectivity index is 5.15. The third kappa shape index (κ3) is 4.33. The van der Waals surface area contributed by atoms with Crippen molar-refractivity contribution in [3.8, 4) is 0 Å². The molecule has 0 rings (SSSR count). The summed E-state index contributed by atoms with van der Waals surface area (Å²) in [6.07, 6.45) is -0.365. The lowest BCUT2D eigenvalue weighted by Gasteiger charge is -2.16. The molecule has 94 valence electrons. The molecule has 0 saturated carbocycles. The minimum Gasteiger partial charge on any atom is -0.481 e. The molecule has 0 aliphatic carbocycles. The van der Waals surface area contributed by atoms with Gasteiger partial charge in [0, 0.05) is 0 Å². The van der Waals surface area contributed by atoms with E-state index in [4.69, 9.17) is 15.3 Å². The Morgan fingerprint density at radius 2 is 1.65 bits per heavy atom. The van der Waals surface area contributed by atoms with Crippen LogP contribution < -0.4 is 0 Å². The van der Waals surface area contributed by atoms with Crippen LogP contribution in [0, 0.1) is 11.8 Å². The molecule has 3 N–H and O–H groups in total. The second-order valence-corrected chi connectivity index (χ2v) is 2.96. The summed E-state index contributed by atoms with van der Waals surface area (Å²) < 4.78 is 4.17. The van der Waals surface area contributed by atoms with Gasteiger partial charge in [0.2, 0.25) is 0 Å². The van der Waals surface area contributed by atoms with Gasteiger partial charge in [0.05, 0.1) is 18.6 Å². The molecule has 8 nitrogen and oxygen atoms in total. The van der Waals surface area contributed by atoms with Gasteiger partial charge >= 0.3 is 23.9 Å². The summed E-state index contributed by atoms with van der Waals surface area (Å²) in [5.74, 6) is -10.4. The number of carbonyl (C=O) groups is 4. The maximum atomic E-state index is 11.2. The van der Waals surface area contributed by atoms with Crippen LogP contribution in [0.25, 0.3) is 0 Å². The van der Waals surface area contributed by atoms with Crippen LogP contribution in [-0.2, 0) is 23.9 Å². The van der Waals surface area contributed by atoms with Gasteiger partial charge < -0.3 is 20.1 Å². The number of rotatable bonds is 7. The molecule has 0 aliphatic heterocycles. The normalized spacial score (nSPS) is 13.2. The molecule has 0 aromatic heterocycles. The van der Waals surface area contributed by atoms with E-state index in [1.807, 2.05) is 0 Å². The third-order valence-corrected chi connectivity index (χ3v) is 1.83. The number of ether oxygens (including phenoxy) is 1. The summed E-state index contributed by atoms with van der Waals surface area (Å²) in [6, 6.07) is 0. The molecule has 2 atom stereocenters. The summed E-state index contributed by atoms with van der Waals surface area (Å²) in [4.78, 5) is 43.1. The zero-order valence-corrected chi connectivity index (χ0v) is 8.53. The van der Waals surface area contributed by atoms with Crippen LogP contribution in [0.2, 0.25) is 0 Å². The average molecular weight is 246 g/mol. The zero-order valence-electron chi connectivity index (χ0n) is 8.53. The molecule has 0 spiro atoms. The molecule has 0 bridgehead atoms. The average Bonchev–Trinajstić information content (AvgIpc) is 2.15. The van der Waals surface area contributed by atoms with Crippen molar-refractivity contribution in [2.45, 2.75) is 6.42 Å². The largest absolute Gasteiger partial charge is 0.481 e. The minimum atomic E-state index is -2.10. The molecular formula is C9H10O8. The lowest BCUT2D eigenvalue weighted by Crippen LogP contribution is -2.37. The standard InChI is InChI=1S/C9H10O8/c1-2-17-9(16)6(8(14)15)4(7(12)13)3-5(10)11/h2,4,6H,1,3H2,(H,10,11)(H,12,13)(H,14,15). The van der Waals surface area contributed by atoms with Crippen LogP contribution in [0.15, 0.2) is 12.8 Å². The quantitative estimate of drug-likeness (QED) is 0.312. The summed E-state index contributed by atoms with van der Waals surface area (Å²) in [6.45, 7) is 3.01. The first kappa shape index (κ1) is 14.6. The van der Waals surface area contributed by atoms with Crippen molar-refractivity contribution >= 4 is 23.9 Å². The van der Waals surface area contributed by atoms with Crippen molar-refractivity contribution < 1.29 is 39.2 Å². The predicted octanol–water partition coefficient (Wildman–Crippen LogP) is -0.451. The molecule has 0 aromatic rings. The molecule has 0 aromatic carbocycles. The van der Waals surface area contributed by atoms with Gasteiger partial charge in [-0.2, -0.15) is 0 Å². The number of esters is 1. The summed E-state index contributed by atoms with van der Waals surface area (Å²) in [5, 5.41) is 25.9. The smallest absolute Gasteiger partial charge is 0.326 e. The fourth-order valence-corrected chi connectivity index (χ4v) is 1.13. The van der Waals surface area contributed by atoms with Crippen molar-refractivity contribution in [1.82, 2.24) is 0 Å². The van der Waals surface area contributed by atoms with E-state index in [0.717, 1.165) is 0 Å². The Hall–Kier alpha value is -2.38. The van der Waals surface area contributed by atoms with Crippen molar-refractivity contribution in [3.63, 3.8) is 0 Å². The Bertz CT molecular complexity index is 358. The molecule has 0 fully saturated rings. The number of carboxylic acids is 3. The Morgan fingerprint density at radius 1 is 1.12 bits per heavy atom. The van der Waals surface area contributed by atoms with Crippen LogP contribution in [0.4, 0.5) is 0 Å². The topological polar surface area (TPSA) is 138 Å². The molecule has 0 amide bonds. The van der Waals surface area contributed by atoms with Crippen molar-refractivity contribution in [3.05, 3.63) is 12.8 Å². The summed E-state index contributed by atoms with van der Waals surface area (Å²) in [7, 11) is 0. The monoisotopic (exact) mass is 246 g/mol. The summed E-state index contributed by atoms with van der Waals surface area (Å²) >= 11 is 0. The van der Waals surface area contributed by atoms with Crippen molar-refractivity contribution in [2.75, 3.05) is 0 Å². The van der Waals surface area contributed by atoms with Gasteiger partial charge in [-0.15, -0.1) is 0 Å². The lowest BCUT2D eigenvalue weighted by molar-refractivity contribution is -0.166. The zero-order chi connectivity index (χ0) is 13.6. The highest BCUT2D eigenvalue weighted by atomic mass is 16.5. The second-order valence-electron chi connectivity index (χ2n) is 2.96. The van der Waals surface area contributed by atoms with Crippen LogP contribution in [0.5, 0.6) is 0 Å². The molecule has 0 saturated heterocycles. The predicted molar refractivity (Wildman–Crippen MR) is 50.8 cm³/mol. The molecule has 17 heavy (non-hydrogen) atoms. The van der Waals surface area contributed by atoms with E-state index in [1.165, 1.54) is 0 Å². The SMILES string of the molecule is C=COC(=O)C(C(=O)O)C(CC(=O)O)C(=O)O. The van der Waals surface area contributed by atoms with Gasteiger partial charge in [-0.3, -0.25) is 19.2 Å². The Kier molecular flexibility index (Phi) is 5.38. The van der Waals surface area contributed by atoms with E-state index >= 15 is 0 Å². The van der Waals surface area contributed by atoms with Gasteiger partial charge in [0.1, 0.15) is 0 Å². The molecule has 2 unspecified atom stereocenters. The molecule has 0 radical (unpaired) electrons. The van der Waals surface area contributed by atoms with E-state index in [-0.39, 0.29) is 0 Å². The van der Waals surface area contributed by atoms with Crippen LogP contribution in [-0.4, -0.2) is 39.2 Å². The van der Waals surface area contributed by atoms with Crippen LogP contribution in [0.1, 0.15) is 6.42 Å². The molecule has 0 heterocycles. The number of hydrogen-bond donors (Lipinski definition) is 3. The van der Waals surface area contributed by atoms with E-state index in [2.05, 4.69) is 11.3 Å². The Labute approximate surface area is 95.1 Å². The number of carboxylic acid groups (broad SMARTS) is 3. The van der Waals surface area contributed by atoms with Crippen LogP contribution in [0.3, 0.4) is 0 Å². The molecule has 0 aliphatic rings. The highest BCUT2D eigenvalue weighted by Crippen LogP contribution is 2.19. The highest BCUT2D eigenvalue weighted by Gasteiger charge is 2.41. The number of hydrogen-bond acceptors (Lipinski definition) is 5. The number of aliphatic carboxylic acids is 3. The second kappa shape index (κ2) is 6.26. The first-order chi connectivity index (χ1) is 7.81. The molecule has 8 heteroatoms. The van der Waals surface area contributed by atoms with Crippen molar-refractivity contribution in [2.24, 2.45) is 11.8 Å². The minimum absolute atomic E-state index is 0.637. The lowest BCUT2D eigenvalue weighted by atomic mass is 9.89. The third-order valence-electron chi connectivity index (χ3n) is 1.83. The van der Waals surface area contributed by atoms with Gasteiger partial charge in [0.25, 0.3) is 0 Å². The van der Waals surface area contributed by atoms with E-state index in [0.29, 0.717) is 6.26 Å². The maximum Gasteiger partial charge on any atom is 0.326 e. The highest BCUT2D eigenvalue weighted by molar-refractivity contribution is 5.99. The van der Waals surface area contributed by atoms with Gasteiger partial charge in [-0.25, -0.2) is 0 Å². The Morgan fingerprint density at radius 3 is 1.94 bits per heavy atom. The fraction of sp³-hybridized carbons (Fsp3) is 0.333. The van der Waals surface area contributed by atoms with Gasteiger partial charge in [-0.1, -0.05) is 6.58 Å². The van der Waals surface area contributed by atoms with E-state index < -0.39 is 42.1 Å². The van der Waals surface area contributed by atoms with Gasteiger partial charge in [0.15, 0.2) is 5.92 Å². The van der Waals surface area contributed by atoms with Crippen molar-refractivity contribution in [1.29, 1.82) is 0 Å².